The van der Waals surface area contributed by atoms with Crippen molar-refractivity contribution in [2.24, 2.45) is 5.41 Å². The van der Waals surface area contributed by atoms with Gasteiger partial charge in [-0.2, -0.15) is 5.10 Å². The molecule has 0 amide bonds. The molecule has 16 heavy (non-hydrogen) atoms. The first kappa shape index (κ1) is 11.8. The second-order valence-electron chi connectivity index (χ2n) is 5.03. The molecule has 1 aliphatic rings. The van der Waals surface area contributed by atoms with Crippen LogP contribution < -0.4 is 0 Å². The molecule has 0 bridgehead atoms. The minimum absolute atomic E-state index is 0.541. The first-order chi connectivity index (χ1) is 7.71. The van der Waals surface area contributed by atoms with Crippen molar-refractivity contribution < 1.29 is 0 Å². The third-order valence-corrected chi connectivity index (χ3v) is 3.85. The zero-order valence-corrected chi connectivity index (χ0v) is 11.1. The number of aromatic amines is 1. The predicted molar refractivity (Wildman–Crippen MR) is 68.0 cm³/mol. The van der Waals surface area contributed by atoms with E-state index in [1.54, 1.807) is 0 Å². The molecule has 1 aliphatic carbocycles. The van der Waals surface area contributed by atoms with Gasteiger partial charge in [-0.3, -0.25) is 5.10 Å². The molecule has 1 heterocycles. The van der Waals surface area contributed by atoms with Gasteiger partial charge in [-0.05, 0) is 43.3 Å². The van der Waals surface area contributed by atoms with Crippen molar-refractivity contribution in [3.63, 3.8) is 0 Å². The normalized spacial score (nSPS) is 17.6. The van der Waals surface area contributed by atoms with Crippen LogP contribution in [0.4, 0.5) is 0 Å². The molecule has 1 fully saturated rings. The maximum atomic E-state index is 5.31. The van der Waals surface area contributed by atoms with Crippen molar-refractivity contribution in [1.29, 1.82) is 0 Å². The molecule has 0 saturated heterocycles. The van der Waals surface area contributed by atoms with E-state index in [0.717, 1.165) is 30.0 Å². The average molecular weight is 239 g/mol. The Morgan fingerprint density at radius 1 is 1.38 bits per heavy atom. The topological polar surface area (TPSA) is 33.6 Å². The van der Waals surface area contributed by atoms with Gasteiger partial charge in [0.15, 0.2) is 4.77 Å². The lowest BCUT2D eigenvalue weighted by Gasteiger charge is -2.15. The van der Waals surface area contributed by atoms with Gasteiger partial charge >= 0.3 is 0 Å². The molecule has 0 atom stereocenters. The smallest absolute Gasteiger partial charge is 0.195 e. The Morgan fingerprint density at radius 2 is 2.12 bits per heavy atom. The van der Waals surface area contributed by atoms with Crippen LogP contribution in [0.15, 0.2) is 0 Å². The largest absolute Gasteiger partial charge is 0.304 e. The molecule has 1 N–H and O–H groups in total. The van der Waals surface area contributed by atoms with Gasteiger partial charge in [0.1, 0.15) is 5.82 Å². The van der Waals surface area contributed by atoms with E-state index in [-0.39, 0.29) is 0 Å². The summed E-state index contributed by atoms with van der Waals surface area (Å²) < 4.78 is 3.02. The standard InChI is InChI=1S/C12H21N3S/c1-3-5-10-13-14-11(16)15(10)9-12(6-4-2)7-8-12/h3-9H2,1-2H3,(H,14,16). The van der Waals surface area contributed by atoms with E-state index in [2.05, 4.69) is 28.6 Å². The molecule has 90 valence electrons. The minimum atomic E-state index is 0.541. The highest BCUT2D eigenvalue weighted by molar-refractivity contribution is 7.71. The highest BCUT2D eigenvalue weighted by Gasteiger charge is 2.42. The van der Waals surface area contributed by atoms with Gasteiger partial charge < -0.3 is 4.57 Å². The monoisotopic (exact) mass is 239 g/mol. The Hall–Kier alpha value is -0.640. The summed E-state index contributed by atoms with van der Waals surface area (Å²) in [5, 5.41) is 7.25. The first-order valence-corrected chi connectivity index (χ1v) is 6.76. The number of H-pyrrole nitrogens is 1. The molecule has 0 spiro atoms. The van der Waals surface area contributed by atoms with Crippen molar-refractivity contribution in [2.45, 2.75) is 58.9 Å². The van der Waals surface area contributed by atoms with E-state index in [4.69, 9.17) is 12.2 Å². The molecular formula is C12H21N3S. The van der Waals surface area contributed by atoms with Crippen LogP contribution in [0.25, 0.3) is 0 Å². The van der Waals surface area contributed by atoms with Gasteiger partial charge in [0.05, 0.1) is 0 Å². The second-order valence-corrected chi connectivity index (χ2v) is 5.42. The minimum Gasteiger partial charge on any atom is -0.304 e. The van der Waals surface area contributed by atoms with Gasteiger partial charge in [0.25, 0.3) is 0 Å². The molecular weight excluding hydrogens is 218 g/mol. The van der Waals surface area contributed by atoms with Crippen molar-refractivity contribution in [2.75, 3.05) is 0 Å². The highest BCUT2D eigenvalue weighted by atomic mass is 32.1. The Morgan fingerprint density at radius 3 is 2.69 bits per heavy atom. The number of nitrogens with one attached hydrogen (secondary N) is 1. The first-order valence-electron chi connectivity index (χ1n) is 6.35. The van der Waals surface area contributed by atoms with Gasteiger partial charge in [-0.15, -0.1) is 0 Å². The predicted octanol–water partition coefficient (Wildman–Crippen LogP) is 3.47. The second kappa shape index (κ2) is 4.70. The number of hydrogen-bond donors (Lipinski definition) is 1. The van der Waals surface area contributed by atoms with Crippen LogP contribution in [-0.2, 0) is 13.0 Å². The van der Waals surface area contributed by atoms with E-state index < -0.39 is 0 Å². The van der Waals surface area contributed by atoms with Crippen molar-refractivity contribution in [3.8, 4) is 0 Å². The molecule has 0 aliphatic heterocycles. The van der Waals surface area contributed by atoms with E-state index in [9.17, 15) is 0 Å². The number of nitrogens with zero attached hydrogens (tertiary/aromatic N) is 2. The quantitative estimate of drug-likeness (QED) is 0.771. The molecule has 3 nitrogen and oxygen atoms in total. The fourth-order valence-corrected chi connectivity index (χ4v) is 2.67. The lowest BCUT2D eigenvalue weighted by atomic mass is 10.0. The summed E-state index contributed by atoms with van der Waals surface area (Å²) in [7, 11) is 0. The fourth-order valence-electron chi connectivity index (χ4n) is 2.46. The van der Waals surface area contributed by atoms with Crippen LogP contribution in [0.2, 0.25) is 0 Å². The Labute approximate surface area is 102 Å². The summed E-state index contributed by atoms with van der Waals surface area (Å²) >= 11 is 5.31. The molecule has 4 heteroatoms. The van der Waals surface area contributed by atoms with Crippen molar-refractivity contribution in [1.82, 2.24) is 14.8 Å². The fraction of sp³-hybridized carbons (Fsp3) is 0.833. The van der Waals surface area contributed by atoms with E-state index in [0.29, 0.717) is 5.41 Å². The number of aryl methyl sites for hydroxylation is 1. The van der Waals surface area contributed by atoms with Crippen LogP contribution in [0.3, 0.4) is 0 Å². The number of rotatable bonds is 6. The van der Waals surface area contributed by atoms with Gasteiger partial charge in [-0.25, -0.2) is 0 Å². The lowest BCUT2D eigenvalue weighted by Crippen LogP contribution is -2.14. The molecule has 1 saturated carbocycles. The SMILES string of the molecule is CCCc1n[nH]c(=S)n1CC1(CCC)CC1. The zero-order chi connectivity index (χ0) is 11.6. The third-order valence-electron chi connectivity index (χ3n) is 3.54. The Bertz CT molecular complexity index is 401. The van der Waals surface area contributed by atoms with Crippen LogP contribution in [0.1, 0.15) is 51.8 Å². The molecule has 1 aromatic rings. The molecule has 0 radical (unpaired) electrons. The van der Waals surface area contributed by atoms with E-state index >= 15 is 0 Å². The maximum absolute atomic E-state index is 5.31. The highest BCUT2D eigenvalue weighted by Crippen LogP contribution is 2.51. The molecule has 0 aromatic carbocycles. The number of hydrogen-bond acceptors (Lipinski definition) is 2. The van der Waals surface area contributed by atoms with Gasteiger partial charge in [-0.1, -0.05) is 20.3 Å². The van der Waals surface area contributed by atoms with Gasteiger partial charge in [0.2, 0.25) is 0 Å². The summed E-state index contributed by atoms with van der Waals surface area (Å²) in [6.07, 6.45) is 7.47. The van der Waals surface area contributed by atoms with Gasteiger partial charge in [0, 0.05) is 13.0 Å². The Kier molecular flexibility index (Phi) is 3.47. The lowest BCUT2D eigenvalue weighted by molar-refractivity contribution is 0.378. The van der Waals surface area contributed by atoms with Crippen molar-refractivity contribution >= 4 is 12.2 Å². The number of aromatic nitrogens is 3. The van der Waals surface area contributed by atoms with Crippen LogP contribution >= 0.6 is 12.2 Å². The zero-order valence-electron chi connectivity index (χ0n) is 10.3. The molecule has 1 aromatic heterocycles. The average Bonchev–Trinajstić information content (AvgIpc) is 2.94. The summed E-state index contributed by atoms with van der Waals surface area (Å²) in [6, 6.07) is 0. The summed E-state index contributed by atoms with van der Waals surface area (Å²) in [5.74, 6) is 1.13. The molecule has 0 unspecified atom stereocenters. The van der Waals surface area contributed by atoms with Crippen LogP contribution in [-0.4, -0.2) is 14.8 Å². The molecule has 2 rings (SSSR count). The van der Waals surface area contributed by atoms with Crippen molar-refractivity contribution in [3.05, 3.63) is 10.6 Å². The summed E-state index contributed by atoms with van der Waals surface area (Å²) in [5.41, 5.74) is 0.541. The van der Waals surface area contributed by atoms with Crippen LogP contribution in [0, 0.1) is 10.2 Å². The maximum Gasteiger partial charge on any atom is 0.195 e. The summed E-state index contributed by atoms with van der Waals surface area (Å²) in [6.45, 7) is 5.52. The van der Waals surface area contributed by atoms with E-state index in [1.165, 1.54) is 25.7 Å². The third kappa shape index (κ3) is 2.37. The van der Waals surface area contributed by atoms with Crippen LogP contribution in [0.5, 0.6) is 0 Å². The Balaban J connectivity index is 2.14. The van der Waals surface area contributed by atoms with E-state index in [1.807, 2.05) is 0 Å². The summed E-state index contributed by atoms with van der Waals surface area (Å²) in [4.78, 5) is 0.